The number of rotatable bonds is 2. The van der Waals surface area contributed by atoms with Crippen LogP contribution in [-0.4, -0.2) is 30.7 Å². The molecule has 1 aliphatic heterocycles. The van der Waals surface area contributed by atoms with Crippen molar-refractivity contribution >= 4 is 0 Å². The molecule has 0 radical (unpaired) electrons. The summed E-state index contributed by atoms with van der Waals surface area (Å²) >= 11 is 0. The van der Waals surface area contributed by atoms with Gasteiger partial charge in [-0.3, -0.25) is 4.90 Å². The first kappa shape index (κ1) is 6.62. The Hall–Kier alpha value is -0.0800. The molecule has 2 heteroatoms. The second-order valence-electron chi connectivity index (χ2n) is 3.48. The Labute approximate surface area is 62.6 Å². The Balaban J connectivity index is 1.96. The summed E-state index contributed by atoms with van der Waals surface area (Å²) in [7, 11) is 2.09. The lowest BCUT2D eigenvalue weighted by Crippen LogP contribution is -2.44. The molecule has 0 unspecified atom stereocenters. The van der Waals surface area contributed by atoms with E-state index >= 15 is 0 Å². The van der Waals surface area contributed by atoms with E-state index < -0.39 is 0 Å². The van der Waals surface area contributed by atoms with Crippen molar-refractivity contribution in [2.45, 2.75) is 31.3 Å². The summed E-state index contributed by atoms with van der Waals surface area (Å²) in [5, 5.41) is 3.42. The first-order chi connectivity index (χ1) is 4.87. The normalized spacial score (nSPS) is 30.9. The van der Waals surface area contributed by atoms with E-state index in [-0.39, 0.29) is 0 Å². The molecule has 58 valence electrons. The van der Waals surface area contributed by atoms with Gasteiger partial charge in [-0.05, 0) is 45.8 Å². The van der Waals surface area contributed by atoms with Crippen LogP contribution in [0.5, 0.6) is 0 Å². The third-order valence-electron chi connectivity index (χ3n) is 2.90. The van der Waals surface area contributed by atoms with Gasteiger partial charge in [0.2, 0.25) is 0 Å². The molecule has 2 fully saturated rings. The standard InChI is InChI=1S/C8H16N2/c1-9-8(4-5-8)10-6-2-3-7-10/h9H,2-7H2,1H3. The quantitative estimate of drug-likeness (QED) is 0.610. The van der Waals surface area contributed by atoms with Crippen molar-refractivity contribution < 1.29 is 0 Å². The highest BCUT2D eigenvalue weighted by Gasteiger charge is 2.46. The monoisotopic (exact) mass is 140 g/mol. The van der Waals surface area contributed by atoms with Crippen LogP contribution >= 0.6 is 0 Å². The molecule has 1 heterocycles. The van der Waals surface area contributed by atoms with E-state index in [1.807, 2.05) is 0 Å². The first-order valence-corrected chi connectivity index (χ1v) is 4.31. The predicted molar refractivity (Wildman–Crippen MR) is 41.8 cm³/mol. The fourth-order valence-electron chi connectivity index (χ4n) is 1.99. The van der Waals surface area contributed by atoms with E-state index in [1.165, 1.54) is 38.8 Å². The van der Waals surface area contributed by atoms with Crippen LogP contribution < -0.4 is 5.32 Å². The van der Waals surface area contributed by atoms with Crippen LogP contribution in [0.4, 0.5) is 0 Å². The maximum absolute atomic E-state index is 3.42. The molecular formula is C8H16N2. The predicted octanol–water partition coefficient (Wildman–Crippen LogP) is 0.792. The Morgan fingerprint density at radius 2 is 1.80 bits per heavy atom. The lowest BCUT2D eigenvalue weighted by atomic mass is 10.4. The summed E-state index contributed by atoms with van der Waals surface area (Å²) in [5.41, 5.74) is 0.455. The number of hydrogen-bond donors (Lipinski definition) is 1. The molecule has 0 amide bonds. The molecule has 0 aromatic rings. The third-order valence-corrected chi connectivity index (χ3v) is 2.90. The molecule has 1 saturated carbocycles. The summed E-state index contributed by atoms with van der Waals surface area (Å²) in [6.45, 7) is 2.64. The van der Waals surface area contributed by atoms with Gasteiger partial charge in [0.05, 0.1) is 5.66 Å². The molecule has 2 aliphatic rings. The Kier molecular flexibility index (Phi) is 1.46. The molecule has 1 N–H and O–H groups in total. The van der Waals surface area contributed by atoms with Gasteiger partial charge < -0.3 is 5.32 Å². The molecule has 0 bridgehead atoms. The Bertz CT molecular complexity index is 123. The summed E-state index contributed by atoms with van der Waals surface area (Å²) in [6.07, 6.45) is 5.54. The van der Waals surface area contributed by atoms with Crippen molar-refractivity contribution in [2.75, 3.05) is 20.1 Å². The molecule has 0 aromatic heterocycles. The average Bonchev–Trinajstić information content (AvgIpc) is 2.58. The highest BCUT2D eigenvalue weighted by molar-refractivity contribution is 5.01. The first-order valence-electron chi connectivity index (χ1n) is 4.31. The zero-order valence-electron chi connectivity index (χ0n) is 6.69. The van der Waals surface area contributed by atoms with E-state index in [2.05, 4.69) is 17.3 Å². The van der Waals surface area contributed by atoms with Crippen LogP contribution in [0.3, 0.4) is 0 Å². The van der Waals surface area contributed by atoms with Gasteiger partial charge in [-0.15, -0.1) is 0 Å². The van der Waals surface area contributed by atoms with Crippen LogP contribution in [-0.2, 0) is 0 Å². The maximum atomic E-state index is 3.42. The molecule has 2 nitrogen and oxygen atoms in total. The largest absolute Gasteiger partial charge is 0.302 e. The summed E-state index contributed by atoms with van der Waals surface area (Å²) < 4.78 is 0. The minimum absolute atomic E-state index is 0.455. The minimum atomic E-state index is 0.455. The van der Waals surface area contributed by atoms with Crippen LogP contribution in [0.1, 0.15) is 25.7 Å². The van der Waals surface area contributed by atoms with Gasteiger partial charge >= 0.3 is 0 Å². The third kappa shape index (κ3) is 0.867. The molecule has 1 aliphatic carbocycles. The average molecular weight is 140 g/mol. The summed E-state index contributed by atoms with van der Waals surface area (Å²) in [6, 6.07) is 0. The maximum Gasteiger partial charge on any atom is 0.0712 e. The van der Waals surface area contributed by atoms with Crippen molar-refractivity contribution in [2.24, 2.45) is 0 Å². The van der Waals surface area contributed by atoms with Gasteiger partial charge in [0.15, 0.2) is 0 Å². The second-order valence-corrected chi connectivity index (χ2v) is 3.48. The van der Waals surface area contributed by atoms with E-state index in [1.54, 1.807) is 0 Å². The van der Waals surface area contributed by atoms with Gasteiger partial charge in [0.1, 0.15) is 0 Å². The number of nitrogens with zero attached hydrogens (tertiary/aromatic N) is 1. The SMILES string of the molecule is CNC1(N2CCCC2)CC1. The fraction of sp³-hybridized carbons (Fsp3) is 1.00. The van der Waals surface area contributed by atoms with Gasteiger partial charge in [0.25, 0.3) is 0 Å². The van der Waals surface area contributed by atoms with Gasteiger partial charge in [-0.2, -0.15) is 0 Å². The van der Waals surface area contributed by atoms with Crippen LogP contribution in [0.15, 0.2) is 0 Å². The fourth-order valence-corrected chi connectivity index (χ4v) is 1.99. The lowest BCUT2D eigenvalue weighted by molar-refractivity contribution is 0.192. The van der Waals surface area contributed by atoms with Crippen LogP contribution in [0, 0.1) is 0 Å². The van der Waals surface area contributed by atoms with Crippen molar-refractivity contribution in [1.82, 2.24) is 10.2 Å². The molecule has 10 heavy (non-hydrogen) atoms. The van der Waals surface area contributed by atoms with Gasteiger partial charge in [0, 0.05) is 0 Å². The minimum Gasteiger partial charge on any atom is -0.302 e. The highest BCUT2D eigenvalue weighted by Crippen LogP contribution is 2.40. The highest BCUT2D eigenvalue weighted by atomic mass is 15.4. The van der Waals surface area contributed by atoms with Gasteiger partial charge in [-0.1, -0.05) is 0 Å². The van der Waals surface area contributed by atoms with Crippen LogP contribution in [0.25, 0.3) is 0 Å². The molecule has 1 saturated heterocycles. The summed E-state index contributed by atoms with van der Waals surface area (Å²) in [4.78, 5) is 2.60. The topological polar surface area (TPSA) is 15.3 Å². The molecule has 2 rings (SSSR count). The van der Waals surface area contributed by atoms with E-state index in [0.717, 1.165) is 0 Å². The van der Waals surface area contributed by atoms with Crippen molar-refractivity contribution in [3.8, 4) is 0 Å². The second kappa shape index (κ2) is 2.21. The zero-order chi connectivity index (χ0) is 7.03. The molecular weight excluding hydrogens is 124 g/mol. The van der Waals surface area contributed by atoms with Crippen molar-refractivity contribution in [3.63, 3.8) is 0 Å². The number of nitrogens with one attached hydrogen (secondary N) is 1. The van der Waals surface area contributed by atoms with Gasteiger partial charge in [-0.25, -0.2) is 0 Å². The van der Waals surface area contributed by atoms with Crippen molar-refractivity contribution in [1.29, 1.82) is 0 Å². The smallest absolute Gasteiger partial charge is 0.0712 e. The Morgan fingerprint density at radius 1 is 1.20 bits per heavy atom. The summed E-state index contributed by atoms with van der Waals surface area (Å²) in [5.74, 6) is 0. The van der Waals surface area contributed by atoms with Crippen molar-refractivity contribution in [3.05, 3.63) is 0 Å². The number of likely N-dealkylation sites (tertiary alicyclic amines) is 1. The molecule has 0 spiro atoms. The number of hydrogen-bond acceptors (Lipinski definition) is 2. The van der Waals surface area contributed by atoms with E-state index in [9.17, 15) is 0 Å². The lowest BCUT2D eigenvalue weighted by Gasteiger charge is -2.26. The molecule has 0 atom stereocenters. The van der Waals surface area contributed by atoms with Crippen LogP contribution in [0.2, 0.25) is 0 Å². The molecule has 0 aromatic carbocycles. The van der Waals surface area contributed by atoms with E-state index in [0.29, 0.717) is 5.66 Å². The Morgan fingerprint density at radius 3 is 2.20 bits per heavy atom. The van der Waals surface area contributed by atoms with E-state index in [4.69, 9.17) is 0 Å². The zero-order valence-corrected chi connectivity index (χ0v) is 6.69.